The van der Waals surface area contributed by atoms with E-state index in [-0.39, 0.29) is 24.5 Å². The molecule has 322 valence electrons. The van der Waals surface area contributed by atoms with Crippen LogP contribution in [-0.2, 0) is 19.1 Å². The number of amides is 1. The van der Waals surface area contributed by atoms with Gasteiger partial charge in [-0.25, -0.2) is 0 Å². The summed E-state index contributed by atoms with van der Waals surface area (Å²) in [5.41, 5.74) is 0.671. The molecule has 6 heteroatoms. The Morgan fingerprint density at radius 3 is 1.83 bits per heavy atom. The number of aliphatic carboxylic acids is 1. The number of nitrogens with one attached hydrogen (secondary N) is 1. The molecule has 0 aromatic rings. The molecular weight excluding hydrogens is 719 g/mol. The summed E-state index contributed by atoms with van der Waals surface area (Å²) in [4.78, 5) is 35.9. The monoisotopic (exact) mass is 798 g/mol. The first-order valence-electron chi connectivity index (χ1n) is 23.3. The van der Waals surface area contributed by atoms with Crippen LogP contribution in [0.15, 0.2) is 85.1 Å². The summed E-state index contributed by atoms with van der Waals surface area (Å²) in [6, 6.07) is 0. The van der Waals surface area contributed by atoms with Crippen molar-refractivity contribution in [1.82, 2.24) is 5.32 Å². The van der Waals surface area contributed by atoms with Gasteiger partial charge >= 0.3 is 11.9 Å². The van der Waals surface area contributed by atoms with Crippen LogP contribution >= 0.6 is 0 Å². The number of esters is 1. The summed E-state index contributed by atoms with van der Waals surface area (Å²) in [6.07, 6.45) is 52.5. The molecule has 58 heavy (non-hydrogen) atoms. The van der Waals surface area contributed by atoms with E-state index >= 15 is 0 Å². The zero-order chi connectivity index (χ0) is 41.6. The van der Waals surface area contributed by atoms with Gasteiger partial charge in [0.25, 0.3) is 0 Å². The highest BCUT2D eigenvalue weighted by molar-refractivity contribution is 5.81. The largest absolute Gasteiger partial charge is 0.480 e. The van der Waals surface area contributed by atoms with Gasteiger partial charge in [-0.05, 0) is 168 Å². The normalized spacial score (nSPS) is 30.6. The second kappa shape index (κ2) is 25.3. The Kier molecular flexibility index (Phi) is 20.6. The Hall–Kier alpha value is -3.41. The van der Waals surface area contributed by atoms with Crippen molar-refractivity contribution in [3.05, 3.63) is 85.1 Å². The van der Waals surface area contributed by atoms with Crippen molar-refractivity contribution in [2.75, 3.05) is 6.54 Å². The van der Waals surface area contributed by atoms with Gasteiger partial charge in [-0.3, -0.25) is 14.4 Å². The first kappa shape index (κ1) is 47.3. The van der Waals surface area contributed by atoms with Crippen LogP contribution in [-0.4, -0.2) is 35.6 Å². The number of hydrogen-bond donors (Lipinski definition) is 2. The number of ether oxygens (including phenoxy) is 1. The average molecular weight is 798 g/mol. The van der Waals surface area contributed by atoms with Gasteiger partial charge in [0.15, 0.2) is 0 Å². The quantitative estimate of drug-likeness (QED) is 0.0576. The standard InChI is InChI=1S/C52H79NO5/c1-5-6-7-8-9-10-11-12-13-14-15-16-17-18-19-20-21-22-23-24-25-26-27-28-50(57)58-43-35-37-51(3)42(39-43)30-31-44-46-33-32-45(52(46,4)38-36-47(44)51)41(2)29-34-48(54)53-40-49(55)56/h6-7,9-10,12-13,15-16,18-19,21-22,24-25,41-47H,5,8,11,14,17,20,23,26-40H2,1-4H3,(H,53,54)(H,55,56)/b7-6-,10-9-,13-12-,16-15-,19-18-,22-21-,25-24-. The van der Waals surface area contributed by atoms with E-state index in [9.17, 15) is 14.4 Å². The molecule has 0 saturated heterocycles. The molecule has 1 amide bonds. The molecule has 4 rings (SSSR count). The lowest BCUT2D eigenvalue weighted by Crippen LogP contribution is -2.54. The van der Waals surface area contributed by atoms with Crippen molar-refractivity contribution in [2.45, 2.75) is 169 Å². The molecular formula is C52H79NO5. The fraction of sp³-hybridized carbons (Fsp3) is 0.673. The van der Waals surface area contributed by atoms with Crippen molar-refractivity contribution >= 4 is 17.8 Å². The Bertz CT molecular complexity index is 1480. The summed E-state index contributed by atoms with van der Waals surface area (Å²) < 4.78 is 6.11. The van der Waals surface area contributed by atoms with Gasteiger partial charge in [0, 0.05) is 12.8 Å². The number of carbonyl (C=O) groups excluding carboxylic acids is 2. The van der Waals surface area contributed by atoms with Crippen LogP contribution in [0.4, 0.5) is 0 Å². The minimum atomic E-state index is -0.995. The molecule has 0 spiro atoms. The summed E-state index contributed by atoms with van der Waals surface area (Å²) in [7, 11) is 0. The molecule has 2 N–H and O–H groups in total. The van der Waals surface area contributed by atoms with Crippen molar-refractivity contribution < 1.29 is 24.2 Å². The van der Waals surface area contributed by atoms with E-state index in [4.69, 9.17) is 9.84 Å². The fourth-order valence-corrected chi connectivity index (χ4v) is 11.6. The van der Waals surface area contributed by atoms with E-state index in [1.807, 2.05) is 0 Å². The van der Waals surface area contributed by atoms with Crippen LogP contribution in [0.5, 0.6) is 0 Å². The van der Waals surface area contributed by atoms with Crippen LogP contribution in [0, 0.1) is 46.3 Å². The molecule has 0 bridgehead atoms. The van der Waals surface area contributed by atoms with Gasteiger partial charge in [0.2, 0.25) is 5.91 Å². The van der Waals surface area contributed by atoms with E-state index in [2.05, 4.69) is 118 Å². The third-order valence-corrected chi connectivity index (χ3v) is 14.7. The summed E-state index contributed by atoms with van der Waals surface area (Å²) in [5.74, 6) is 2.87. The predicted molar refractivity (Wildman–Crippen MR) is 240 cm³/mol. The predicted octanol–water partition coefficient (Wildman–Crippen LogP) is 13.0. The van der Waals surface area contributed by atoms with Gasteiger partial charge in [-0.1, -0.05) is 113 Å². The number of carboxylic acids is 1. The Morgan fingerprint density at radius 1 is 0.690 bits per heavy atom. The lowest BCUT2D eigenvalue weighted by Gasteiger charge is -2.61. The maximum Gasteiger partial charge on any atom is 0.322 e. The van der Waals surface area contributed by atoms with Crippen molar-refractivity contribution in [2.24, 2.45) is 46.3 Å². The first-order valence-corrected chi connectivity index (χ1v) is 23.3. The molecule has 0 aliphatic heterocycles. The molecule has 0 aromatic heterocycles. The van der Waals surface area contributed by atoms with Gasteiger partial charge < -0.3 is 15.2 Å². The third kappa shape index (κ3) is 14.7. The maximum atomic E-state index is 12.9. The van der Waals surface area contributed by atoms with Crippen molar-refractivity contribution in [1.29, 1.82) is 0 Å². The lowest BCUT2D eigenvalue weighted by molar-refractivity contribution is -0.162. The minimum Gasteiger partial charge on any atom is -0.480 e. The first-order chi connectivity index (χ1) is 28.1. The smallest absolute Gasteiger partial charge is 0.322 e. The van der Waals surface area contributed by atoms with Crippen LogP contribution < -0.4 is 5.32 Å². The molecule has 9 unspecified atom stereocenters. The summed E-state index contributed by atoms with van der Waals surface area (Å²) >= 11 is 0. The molecule has 4 aliphatic carbocycles. The van der Waals surface area contributed by atoms with E-state index in [0.29, 0.717) is 41.4 Å². The van der Waals surface area contributed by atoms with Gasteiger partial charge in [-0.2, -0.15) is 0 Å². The zero-order valence-electron chi connectivity index (χ0n) is 36.8. The fourth-order valence-electron chi connectivity index (χ4n) is 11.6. The molecule has 9 atom stereocenters. The van der Waals surface area contributed by atoms with Crippen LogP contribution in [0.2, 0.25) is 0 Å². The highest BCUT2D eigenvalue weighted by Crippen LogP contribution is 2.68. The number of fused-ring (bicyclic) bond motifs is 5. The highest BCUT2D eigenvalue weighted by atomic mass is 16.5. The molecule has 4 aliphatic rings. The minimum absolute atomic E-state index is 0.0217. The highest BCUT2D eigenvalue weighted by Gasteiger charge is 2.60. The van der Waals surface area contributed by atoms with Gasteiger partial charge in [0.05, 0.1) is 0 Å². The van der Waals surface area contributed by atoms with Crippen molar-refractivity contribution in [3.8, 4) is 0 Å². The number of hydrogen-bond acceptors (Lipinski definition) is 4. The Morgan fingerprint density at radius 2 is 1.24 bits per heavy atom. The SMILES string of the molecule is CC/C=C\C/C=C\C/C=C\C/C=C\C/C=C\C/C=C\C/C=C\CCCC(=O)OC1CCC2(C)C(CCC3C2CCC2(C)C(C(C)CCC(=O)NCC(=O)O)CCC32)C1. The number of carbonyl (C=O) groups is 3. The van der Waals surface area contributed by atoms with Crippen LogP contribution in [0.3, 0.4) is 0 Å². The summed E-state index contributed by atoms with van der Waals surface area (Å²) in [6.45, 7) is 9.31. The van der Waals surface area contributed by atoms with Gasteiger partial charge in [0.1, 0.15) is 12.6 Å². The number of carboxylic acid groups (broad SMARTS) is 1. The second-order valence-corrected chi connectivity index (χ2v) is 18.5. The van der Waals surface area contributed by atoms with E-state index < -0.39 is 5.97 Å². The third-order valence-electron chi connectivity index (χ3n) is 14.7. The van der Waals surface area contributed by atoms with Crippen molar-refractivity contribution in [3.63, 3.8) is 0 Å². The molecule has 4 saturated carbocycles. The number of allylic oxidation sites excluding steroid dienone is 14. The van der Waals surface area contributed by atoms with E-state index in [1.54, 1.807) is 0 Å². The lowest BCUT2D eigenvalue weighted by atomic mass is 9.44. The molecule has 0 heterocycles. The number of rotatable bonds is 24. The molecule has 6 nitrogen and oxygen atoms in total. The second-order valence-electron chi connectivity index (χ2n) is 18.5. The topological polar surface area (TPSA) is 92.7 Å². The summed E-state index contributed by atoms with van der Waals surface area (Å²) in [5, 5.41) is 11.4. The van der Waals surface area contributed by atoms with Gasteiger partial charge in [-0.15, -0.1) is 0 Å². The van der Waals surface area contributed by atoms with E-state index in [0.717, 1.165) is 94.8 Å². The molecule has 0 radical (unpaired) electrons. The number of unbranched alkanes of at least 4 members (excludes halogenated alkanes) is 1. The average Bonchev–Trinajstić information content (AvgIpc) is 3.57. The van der Waals surface area contributed by atoms with E-state index in [1.165, 1.54) is 44.9 Å². The molecule has 0 aromatic carbocycles. The Labute approximate surface area is 352 Å². The maximum absolute atomic E-state index is 12.9. The molecule has 4 fully saturated rings. The Balaban J connectivity index is 1.06. The van der Waals surface area contributed by atoms with Crippen LogP contribution in [0.1, 0.15) is 163 Å². The zero-order valence-corrected chi connectivity index (χ0v) is 36.8. The van der Waals surface area contributed by atoms with Crippen LogP contribution in [0.25, 0.3) is 0 Å².